The van der Waals surface area contributed by atoms with E-state index in [1.54, 1.807) is 0 Å². The number of hydrogen-bond acceptors (Lipinski definition) is 6. The van der Waals surface area contributed by atoms with Crippen LogP contribution in [-0.4, -0.2) is 34.4 Å². The summed E-state index contributed by atoms with van der Waals surface area (Å²) in [7, 11) is 0. The molecular formula is C22H21F4N3O6. The molecule has 2 aromatic rings. The monoisotopic (exact) mass is 499 g/mol. The zero-order chi connectivity index (χ0) is 26.3. The quantitative estimate of drug-likeness (QED) is 0.326. The third-order valence-electron chi connectivity index (χ3n) is 5.15. The molecule has 0 unspecified atom stereocenters. The van der Waals surface area contributed by atoms with Gasteiger partial charge in [0.2, 0.25) is 0 Å². The number of fused-ring (bicyclic) bond motifs is 1. The van der Waals surface area contributed by atoms with Crippen molar-refractivity contribution in [2.75, 3.05) is 16.3 Å². The molecule has 13 heteroatoms. The number of nitro benzene ring substituents is 1. The molecule has 1 aliphatic rings. The van der Waals surface area contributed by atoms with E-state index >= 15 is 4.39 Å². The van der Waals surface area contributed by atoms with E-state index in [0.29, 0.717) is 11.1 Å². The Morgan fingerprint density at radius 3 is 2.34 bits per heavy atom. The van der Waals surface area contributed by atoms with Crippen LogP contribution in [-0.2, 0) is 23.9 Å². The van der Waals surface area contributed by atoms with Gasteiger partial charge in [0.15, 0.2) is 11.5 Å². The number of hydrogen-bond donors (Lipinski definition) is 1. The van der Waals surface area contributed by atoms with Gasteiger partial charge in [0.1, 0.15) is 5.60 Å². The van der Waals surface area contributed by atoms with Crippen molar-refractivity contribution in [3.63, 3.8) is 0 Å². The molecule has 0 spiro atoms. The Balaban J connectivity index is 2.06. The van der Waals surface area contributed by atoms with Gasteiger partial charge in [-0.2, -0.15) is 18.1 Å². The number of carboxylic acid groups (broad SMARTS) is 1. The molecule has 1 N–H and O–H groups in total. The minimum Gasteiger partial charge on any atom is -0.464 e. The Morgan fingerprint density at radius 2 is 1.80 bits per heavy atom. The van der Waals surface area contributed by atoms with Crippen LogP contribution in [0.2, 0.25) is 0 Å². The van der Waals surface area contributed by atoms with Crippen molar-refractivity contribution in [3.05, 3.63) is 63.0 Å². The number of halogens is 4. The van der Waals surface area contributed by atoms with Crippen molar-refractivity contribution < 1.29 is 41.9 Å². The number of ether oxygens (including phenoxy) is 1. The summed E-state index contributed by atoms with van der Waals surface area (Å²) < 4.78 is 59.7. The normalized spacial score (nSPS) is 13.7. The van der Waals surface area contributed by atoms with E-state index < -0.39 is 51.6 Å². The average Bonchev–Trinajstić information content (AvgIpc) is 2.71. The topological polar surface area (TPSA) is 113 Å². The summed E-state index contributed by atoms with van der Waals surface area (Å²) in [4.78, 5) is 36.1. The summed E-state index contributed by atoms with van der Waals surface area (Å²) in [6.07, 6.45) is -7.94. The van der Waals surface area contributed by atoms with E-state index in [0.717, 1.165) is 24.3 Å². The largest absolute Gasteiger partial charge is 0.464 e. The predicted octanol–water partition coefficient (Wildman–Crippen LogP) is 5.73. The van der Waals surface area contributed by atoms with Gasteiger partial charge in [-0.25, -0.2) is 14.0 Å². The number of nitrogens with zero attached hydrogens (tertiary/aromatic N) is 3. The van der Waals surface area contributed by atoms with Gasteiger partial charge in [0.05, 0.1) is 16.2 Å². The lowest BCUT2D eigenvalue weighted by Crippen LogP contribution is -2.41. The minimum atomic E-state index is -4.52. The maximum atomic E-state index is 15.7. The smallest absolute Gasteiger partial charge is 0.424 e. The van der Waals surface area contributed by atoms with Crippen LogP contribution in [0, 0.1) is 15.9 Å². The van der Waals surface area contributed by atoms with Crippen molar-refractivity contribution in [2.45, 2.75) is 45.5 Å². The Hall–Kier alpha value is -3.90. The number of rotatable bonds is 3. The van der Waals surface area contributed by atoms with Crippen LogP contribution in [0.25, 0.3) is 0 Å². The predicted molar refractivity (Wildman–Crippen MR) is 116 cm³/mol. The number of nitro groups is 1. The first-order valence-electron chi connectivity index (χ1n) is 10.3. The first kappa shape index (κ1) is 25.7. The van der Waals surface area contributed by atoms with Crippen LogP contribution in [0.15, 0.2) is 30.3 Å². The Bertz CT molecular complexity index is 1190. The molecule has 0 radical (unpaired) electrons. The number of alkyl halides is 3. The second kappa shape index (κ2) is 9.04. The van der Waals surface area contributed by atoms with Crippen molar-refractivity contribution in [1.29, 1.82) is 0 Å². The second-order valence-electron chi connectivity index (χ2n) is 8.77. The fraction of sp³-hybridized carbons (Fsp3) is 0.364. The fourth-order valence-corrected chi connectivity index (χ4v) is 3.66. The van der Waals surface area contributed by atoms with Crippen LogP contribution in [0.5, 0.6) is 0 Å². The van der Waals surface area contributed by atoms with Gasteiger partial charge in [-0.3, -0.25) is 10.1 Å². The highest BCUT2D eigenvalue weighted by Crippen LogP contribution is 2.40. The number of anilines is 2. The summed E-state index contributed by atoms with van der Waals surface area (Å²) >= 11 is 0. The van der Waals surface area contributed by atoms with Gasteiger partial charge < -0.3 is 14.7 Å². The molecule has 0 saturated carbocycles. The molecule has 2 amide bonds. The van der Waals surface area contributed by atoms with E-state index in [4.69, 9.17) is 4.74 Å². The number of carbonyl (C=O) groups is 2. The first-order chi connectivity index (χ1) is 16.1. The highest BCUT2D eigenvalue weighted by atomic mass is 19.4. The molecular weight excluding hydrogens is 478 g/mol. The average molecular weight is 499 g/mol. The lowest BCUT2D eigenvalue weighted by Gasteiger charge is -2.32. The van der Waals surface area contributed by atoms with Crippen molar-refractivity contribution in [3.8, 4) is 0 Å². The zero-order valence-electron chi connectivity index (χ0n) is 18.9. The summed E-state index contributed by atoms with van der Waals surface area (Å²) in [5.74, 6) is -1.36. The molecule has 9 nitrogen and oxygen atoms in total. The lowest BCUT2D eigenvalue weighted by molar-refractivity contribution is -0.384. The molecule has 0 fully saturated rings. The van der Waals surface area contributed by atoms with E-state index in [1.807, 2.05) is 0 Å². The van der Waals surface area contributed by atoms with Gasteiger partial charge >= 0.3 is 18.4 Å². The molecule has 0 saturated heterocycles. The van der Waals surface area contributed by atoms with Crippen LogP contribution in [0.4, 0.5) is 44.2 Å². The number of benzene rings is 2. The van der Waals surface area contributed by atoms with Crippen molar-refractivity contribution in [2.24, 2.45) is 0 Å². The van der Waals surface area contributed by atoms with Crippen LogP contribution in [0.3, 0.4) is 0 Å². The Morgan fingerprint density at radius 1 is 1.14 bits per heavy atom. The van der Waals surface area contributed by atoms with E-state index in [2.05, 4.69) is 0 Å². The Kier molecular flexibility index (Phi) is 6.64. The molecule has 1 heterocycles. The number of amides is 2. The summed E-state index contributed by atoms with van der Waals surface area (Å²) in [5.41, 5.74) is -3.46. The maximum Gasteiger partial charge on any atom is 0.424 e. The third kappa shape index (κ3) is 5.44. The first-order valence-corrected chi connectivity index (χ1v) is 10.3. The molecule has 0 aliphatic carbocycles. The van der Waals surface area contributed by atoms with Gasteiger partial charge in [-0.05, 0) is 56.5 Å². The standard InChI is InChI=1S/C22H21F4N3O6/c1-21(2,3)35-20(32)28(19(30)31)18-16(29(33)34)7-6-15(17(18)23)27-9-8-12-10-14(22(24,25)26)5-4-13(12)11-27/h4-7,10H,8-9,11H2,1-3H3,(H,30,31). The van der Waals surface area contributed by atoms with Crippen LogP contribution < -0.4 is 9.80 Å². The maximum absolute atomic E-state index is 15.7. The summed E-state index contributed by atoms with van der Waals surface area (Å²) in [6, 6.07) is 5.09. The van der Waals surface area contributed by atoms with Crippen LogP contribution >= 0.6 is 0 Å². The molecule has 0 aromatic heterocycles. The van der Waals surface area contributed by atoms with Crippen molar-refractivity contribution in [1.82, 2.24) is 0 Å². The van der Waals surface area contributed by atoms with Crippen molar-refractivity contribution >= 4 is 29.2 Å². The molecule has 35 heavy (non-hydrogen) atoms. The minimum absolute atomic E-state index is 0.0405. The Labute approximate surface area is 196 Å². The third-order valence-corrected chi connectivity index (χ3v) is 5.15. The molecule has 0 bridgehead atoms. The van der Waals surface area contributed by atoms with Gasteiger partial charge in [-0.15, -0.1) is 0 Å². The molecule has 2 aromatic carbocycles. The lowest BCUT2D eigenvalue weighted by atomic mass is 9.96. The van der Waals surface area contributed by atoms with Gasteiger partial charge in [-0.1, -0.05) is 6.07 Å². The SMILES string of the molecule is CC(C)(C)OC(=O)N(C(=O)O)c1c([N+](=O)[O-])ccc(N2CCc3cc(C(F)(F)F)ccc3C2)c1F. The van der Waals surface area contributed by atoms with E-state index in [9.17, 15) is 38.0 Å². The van der Waals surface area contributed by atoms with Crippen LogP contribution in [0.1, 0.15) is 37.5 Å². The molecule has 188 valence electrons. The molecule has 3 rings (SSSR count). The number of carbonyl (C=O) groups excluding carboxylic acids is 1. The van der Waals surface area contributed by atoms with Gasteiger partial charge in [0, 0.05) is 19.2 Å². The highest BCUT2D eigenvalue weighted by molar-refractivity contribution is 6.10. The van der Waals surface area contributed by atoms with E-state index in [-0.39, 0.29) is 30.1 Å². The number of imide groups is 1. The fourth-order valence-electron chi connectivity index (χ4n) is 3.66. The second-order valence-corrected chi connectivity index (χ2v) is 8.77. The zero-order valence-corrected chi connectivity index (χ0v) is 18.9. The molecule has 1 aliphatic heterocycles. The van der Waals surface area contributed by atoms with Gasteiger partial charge in [0.25, 0.3) is 5.69 Å². The summed E-state index contributed by atoms with van der Waals surface area (Å²) in [5, 5.41) is 21.1. The highest BCUT2D eigenvalue weighted by Gasteiger charge is 2.38. The van der Waals surface area contributed by atoms with E-state index in [1.165, 1.54) is 31.7 Å². The summed E-state index contributed by atoms with van der Waals surface area (Å²) in [6.45, 7) is 4.30. The molecule has 0 atom stereocenters.